The van der Waals surface area contributed by atoms with Gasteiger partial charge in [0.25, 0.3) is 0 Å². The Morgan fingerprint density at radius 1 is 1.50 bits per heavy atom. The molecule has 0 bridgehead atoms. The quantitative estimate of drug-likeness (QED) is 0.849. The van der Waals surface area contributed by atoms with Crippen LogP contribution in [-0.2, 0) is 6.42 Å². The summed E-state index contributed by atoms with van der Waals surface area (Å²) in [6.07, 6.45) is 2.47. The fourth-order valence-electron chi connectivity index (χ4n) is 1.51. The zero-order valence-electron chi connectivity index (χ0n) is 9.92. The van der Waals surface area contributed by atoms with Crippen LogP contribution >= 0.6 is 23.6 Å². The summed E-state index contributed by atoms with van der Waals surface area (Å²) < 4.78 is 5.68. The molecule has 2 heterocycles. The summed E-state index contributed by atoms with van der Waals surface area (Å²) in [4.78, 5) is 9.79. The minimum absolute atomic E-state index is 0.250. The molecule has 18 heavy (non-hydrogen) atoms. The van der Waals surface area contributed by atoms with Crippen LogP contribution < -0.4 is 10.5 Å². The topological polar surface area (TPSA) is 61.0 Å². The number of aryl methyl sites for hydroxylation is 1. The third-order valence-electron chi connectivity index (χ3n) is 2.44. The number of hydrogen-bond donors (Lipinski definition) is 1. The molecular weight excluding hydrogens is 266 g/mol. The van der Waals surface area contributed by atoms with Crippen molar-refractivity contribution < 1.29 is 4.74 Å². The second kappa shape index (κ2) is 5.88. The predicted molar refractivity (Wildman–Crippen MR) is 76.2 cm³/mol. The van der Waals surface area contributed by atoms with E-state index in [1.165, 1.54) is 4.88 Å². The van der Waals surface area contributed by atoms with E-state index in [1.54, 1.807) is 23.6 Å². The fourth-order valence-corrected chi connectivity index (χ4v) is 2.43. The first kappa shape index (κ1) is 12.9. The van der Waals surface area contributed by atoms with Gasteiger partial charge in [-0.05, 0) is 19.1 Å². The van der Waals surface area contributed by atoms with Crippen molar-refractivity contribution in [2.45, 2.75) is 13.3 Å². The lowest BCUT2D eigenvalue weighted by atomic mass is 10.3. The summed E-state index contributed by atoms with van der Waals surface area (Å²) in [7, 11) is 0. The van der Waals surface area contributed by atoms with E-state index in [4.69, 9.17) is 22.7 Å². The number of aromatic nitrogens is 2. The van der Waals surface area contributed by atoms with Crippen molar-refractivity contribution in [3.05, 3.63) is 40.1 Å². The molecule has 0 aliphatic carbocycles. The van der Waals surface area contributed by atoms with Gasteiger partial charge in [0, 0.05) is 17.5 Å². The Kier molecular flexibility index (Phi) is 4.22. The number of hydrogen-bond acceptors (Lipinski definition) is 5. The first-order valence-corrected chi connectivity index (χ1v) is 6.74. The lowest BCUT2D eigenvalue weighted by molar-refractivity contribution is 0.321. The molecule has 2 N–H and O–H groups in total. The van der Waals surface area contributed by atoms with Crippen LogP contribution in [-0.4, -0.2) is 21.6 Å². The zero-order valence-corrected chi connectivity index (χ0v) is 11.6. The Morgan fingerprint density at radius 3 is 3.00 bits per heavy atom. The smallest absolute Gasteiger partial charge is 0.147 e. The minimum atomic E-state index is 0.250. The van der Waals surface area contributed by atoms with Crippen molar-refractivity contribution in [3.63, 3.8) is 0 Å². The van der Waals surface area contributed by atoms with Crippen LogP contribution in [0.2, 0.25) is 0 Å². The molecule has 0 atom stereocenters. The maximum absolute atomic E-state index is 5.68. The summed E-state index contributed by atoms with van der Waals surface area (Å²) in [5.74, 6) is 0.632. The number of nitrogens with zero attached hydrogens (tertiary/aromatic N) is 2. The number of ether oxygens (including phenoxy) is 1. The molecular formula is C12H13N3OS2. The van der Waals surface area contributed by atoms with Crippen molar-refractivity contribution in [2.75, 3.05) is 6.61 Å². The average molecular weight is 279 g/mol. The van der Waals surface area contributed by atoms with Gasteiger partial charge in [-0.1, -0.05) is 12.2 Å². The molecule has 0 amide bonds. The SMILES string of the molecule is Cc1ncsc1CCOc1cccnc1C(N)=S. The van der Waals surface area contributed by atoms with E-state index in [0.717, 1.165) is 12.1 Å². The Morgan fingerprint density at radius 2 is 2.33 bits per heavy atom. The van der Waals surface area contributed by atoms with Crippen LogP contribution in [0.4, 0.5) is 0 Å². The lowest BCUT2D eigenvalue weighted by Crippen LogP contribution is -2.14. The molecule has 2 rings (SSSR count). The van der Waals surface area contributed by atoms with Crippen molar-refractivity contribution in [3.8, 4) is 5.75 Å². The van der Waals surface area contributed by atoms with E-state index in [-0.39, 0.29) is 4.99 Å². The number of nitrogens with two attached hydrogens (primary N) is 1. The highest BCUT2D eigenvalue weighted by molar-refractivity contribution is 7.80. The largest absolute Gasteiger partial charge is 0.491 e. The molecule has 0 unspecified atom stereocenters. The second-order valence-corrected chi connectivity index (χ2v) is 5.05. The third kappa shape index (κ3) is 3.02. The summed E-state index contributed by atoms with van der Waals surface area (Å²) in [6.45, 7) is 2.56. The molecule has 0 saturated heterocycles. The molecule has 4 nitrogen and oxygen atoms in total. The standard InChI is InChI=1S/C12H13N3OS2/c1-8-10(18-7-15-8)4-6-16-9-3-2-5-14-11(9)12(13)17/h2-3,5,7H,4,6H2,1H3,(H2,13,17). The van der Waals surface area contributed by atoms with Gasteiger partial charge in [0.15, 0.2) is 0 Å². The van der Waals surface area contributed by atoms with Gasteiger partial charge in [-0.3, -0.25) is 0 Å². The van der Waals surface area contributed by atoms with Gasteiger partial charge in [-0.15, -0.1) is 11.3 Å². The highest BCUT2D eigenvalue weighted by Crippen LogP contribution is 2.17. The van der Waals surface area contributed by atoms with Gasteiger partial charge >= 0.3 is 0 Å². The summed E-state index contributed by atoms with van der Waals surface area (Å²) in [5.41, 5.74) is 9.02. The van der Waals surface area contributed by atoms with Gasteiger partial charge < -0.3 is 10.5 Å². The molecule has 0 aliphatic rings. The van der Waals surface area contributed by atoms with Gasteiger partial charge in [0.1, 0.15) is 16.4 Å². The highest BCUT2D eigenvalue weighted by atomic mass is 32.1. The van der Waals surface area contributed by atoms with E-state index >= 15 is 0 Å². The van der Waals surface area contributed by atoms with Crippen molar-refractivity contribution in [1.82, 2.24) is 9.97 Å². The number of thiocarbonyl (C=S) groups is 1. The van der Waals surface area contributed by atoms with E-state index < -0.39 is 0 Å². The molecule has 0 radical (unpaired) electrons. The van der Waals surface area contributed by atoms with Gasteiger partial charge in [-0.2, -0.15) is 0 Å². The van der Waals surface area contributed by atoms with Crippen LogP contribution in [0.1, 0.15) is 16.3 Å². The van der Waals surface area contributed by atoms with E-state index in [9.17, 15) is 0 Å². The molecule has 0 spiro atoms. The lowest BCUT2D eigenvalue weighted by Gasteiger charge is -2.08. The molecule has 2 aromatic rings. The van der Waals surface area contributed by atoms with Gasteiger partial charge in [-0.25, -0.2) is 9.97 Å². The molecule has 6 heteroatoms. The summed E-state index contributed by atoms with van der Waals surface area (Å²) in [5, 5.41) is 0. The van der Waals surface area contributed by atoms with Crippen molar-refractivity contribution in [1.29, 1.82) is 0 Å². The first-order valence-electron chi connectivity index (χ1n) is 5.45. The Balaban J connectivity index is 1.99. The third-order valence-corrected chi connectivity index (χ3v) is 3.62. The molecule has 0 aliphatic heterocycles. The van der Waals surface area contributed by atoms with Crippen molar-refractivity contribution in [2.24, 2.45) is 5.73 Å². The Hall–Kier alpha value is -1.53. The second-order valence-electron chi connectivity index (χ2n) is 3.67. The van der Waals surface area contributed by atoms with Crippen LogP contribution in [0.25, 0.3) is 0 Å². The van der Waals surface area contributed by atoms with E-state index in [1.807, 2.05) is 18.5 Å². The molecule has 2 aromatic heterocycles. The average Bonchev–Trinajstić information content (AvgIpc) is 2.76. The van der Waals surface area contributed by atoms with Crippen LogP contribution in [0.3, 0.4) is 0 Å². The normalized spacial score (nSPS) is 10.3. The number of pyridine rings is 1. The highest BCUT2D eigenvalue weighted by Gasteiger charge is 2.08. The number of rotatable bonds is 5. The van der Waals surface area contributed by atoms with E-state index in [2.05, 4.69) is 9.97 Å². The van der Waals surface area contributed by atoms with Gasteiger partial charge in [0.05, 0.1) is 17.8 Å². The molecule has 0 aromatic carbocycles. The number of thiazole rings is 1. The van der Waals surface area contributed by atoms with Crippen molar-refractivity contribution >= 4 is 28.5 Å². The van der Waals surface area contributed by atoms with E-state index in [0.29, 0.717) is 18.1 Å². The Labute approximate surface area is 115 Å². The zero-order chi connectivity index (χ0) is 13.0. The summed E-state index contributed by atoms with van der Waals surface area (Å²) >= 11 is 6.57. The predicted octanol–water partition coefficient (Wildman–Crippen LogP) is 2.10. The minimum Gasteiger partial charge on any atom is -0.491 e. The molecule has 94 valence electrons. The first-order chi connectivity index (χ1) is 8.68. The molecule has 0 saturated carbocycles. The summed E-state index contributed by atoms with van der Waals surface area (Å²) in [6, 6.07) is 3.62. The monoisotopic (exact) mass is 279 g/mol. The fraction of sp³-hybridized carbons (Fsp3) is 0.250. The van der Waals surface area contributed by atoms with Gasteiger partial charge in [0.2, 0.25) is 0 Å². The van der Waals surface area contributed by atoms with Crippen LogP contribution in [0.15, 0.2) is 23.8 Å². The van der Waals surface area contributed by atoms with Crippen LogP contribution in [0.5, 0.6) is 5.75 Å². The Bertz CT molecular complexity index is 554. The maximum atomic E-state index is 5.68. The maximum Gasteiger partial charge on any atom is 0.147 e. The molecule has 0 fully saturated rings. The van der Waals surface area contributed by atoms with Crippen LogP contribution in [0, 0.1) is 6.92 Å².